The molecule has 0 aliphatic heterocycles. The van der Waals surface area contributed by atoms with Crippen molar-refractivity contribution in [2.45, 2.75) is 0 Å². The summed E-state index contributed by atoms with van der Waals surface area (Å²) in [7, 11) is 1.58. The summed E-state index contributed by atoms with van der Waals surface area (Å²) in [5.41, 5.74) is 0.933. The van der Waals surface area contributed by atoms with Gasteiger partial charge < -0.3 is 4.74 Å². The molecule has 0 atom stereocenters. The summed E-state index contributed by atoms with van der Waals surface area (Å²) in [5, 5.41) is 1.60. The van der Waals surface area contributed by atoms with E-state index in [9.17, 15) is 9.59 Å². The van der Waals surface area contributed by atoms with Crippen LogP contribution in [0.25, 0.3) is 10.8 Å². The van der Waals surface area contributed by atoms with E-state index in [1.54, 1.807) is 13.2 Å². The third-order valence-corrected chi connectivity index (χ3v) is 3.14. The highest BCUT2D eigenvalue weighted by molar-refractivity contribution is 6.27. The standard InChI is InChI=1S/C15H10O3/c1-18-14-4-2-3-10-9(14)5-6-11-12(16)7-8-13(17)15(10)11/h2-8H,1H3. The van der Waals surface area contributed by atoms with E-state index in [2.05, 4.69) is 0 Å². The first-order valence-electron chi connectivity index (χ1n) is 5.59. The Morgan fingerprint density at radius 3 is 2.44 bits per heavy atom. The van der Waals surface area contributed by atoms with E-state index < -0.39 is 0 Å². The fourth-order valence-corrected chi connectivity index (χ4v) is 2.30. The Morgan fingerprint density at radius 1 is 0.889 bits per heavy atom. The molecule has 0 spiro atoms. The van der Waals surface area contributed by atoms with Crippen molar-refractivity contribution in [3.05, 3.63) is 53.6 Å². The van der Waals surface area contributed by atoms with Crippen LogP contribution < -0.4 is 4.74 Å². The molecule has 3 rings (SSSR count). The first-order chi connectivity index (χ1) is 8.72. The molecule has 1 aliphatic rings. The number of hydrogen-bond donors (Lipinski definition) is 0. The third-order valence-electron chi connectivity index (χ3n) is 3.14. The monoisotopic (exact) mass is 238 g/mol. The first-order valence-corrected chi connectivity index (χ1v) is 5.59. The molecule has 0 radical (unpaired) electrons. The molecule has 0 unspecified atom stereocenters. The van der Waals surface area contributed by atoms with Gasteiger partial charge in [-0.1, -0.05) is 12.1 Å². The number of benzene rings is 2. The topological polar surface area (TPSA) is 43.4 Å². The van der Waals surface area contributed by atoms with Gasteiger partial charge in [0.15, 0.2) is 11.6 Å². The van der Waals surface area contributed by atoms with Crippen LogP contribution in [0.1, 0.15) is 20.7 Å². The predicted octanol–water partition coefficient (Wildman–Crippen LogP) is 2.78. The van der Waals surface area contributed by atoms with E-state index in [0.29, 0.717) is 16.9 Å². The summed E-state index contributed by atoms with van der Waals surface area (Å²) in [6.45, 7) is 0. The Bertz CT molecular complexity index is 711. The van der Waals surface area contributed by atoms with Crippen LogP contribution in [0, 0.1) is 0 Å². The average molecular weight is 238 g/mol. The lowest BCUT2D eigenvalue weighted by Crippen LogP contribution is -2.12. The number of ether oxygens (including phenoxy) is 1. The van der Waals surface area contributed by atoms with Crippen molar-refractivity contribution in [1.29, 1.82) is 0 Å². The van der Waals surface area contributed by atoms with Crippen LogP contribution in [0.3, 0.4) is 0 Å². The highest BCUT2D eigenvalue weighted by Crippen LogP contribution is 2.31. The summed E-state index contributed by atoms with van der Waals surface area (Å²) in [4.78, 5) is 23.7. The maximum atomic E-state index is 12.0. The minimum absolute atomic E-state index is 0.130. The van der Waals surface area contributed by atoms with Crippen molar-refractivity contribution in [1.82, 2.24) is 0 Å². The zero-order valence-corrected chi connectivity index (χ0v) is 9.77. The van der Waals surface area contributed by atoms with E-state index in [-0.39, 0.29) is 11.6 Å². The Hall–Kier alpha value is -2.42. The SMILES string of the molecule is COc1cccc2c3c(ccc12)C(=O)C=CC3=O. The zero-order valence-electron chi connectivity index (χ0n) is 9.77. The number of carbonyl (C=O) groups excluding carboxylic acids is 2. The second-order valence-electron chi connectivity index (χ2n) is 4.11. The molecule has 88 valence electrons. The molecule has 18 heavy (non-hydrogen) atoms. The third kappa shape index (κ3) is 1.37. The number of rotatable bonds is 1. The van der Waals surface area contributed by atoms with E-state index in [4.69, 9.17) is 4.74 Å². The Balaban J connectivity index is 2.44. The van der Waals surface area contributed by atoms with Gasteiger partial charge >= 0.3 is 0 Å². The summed E-state index contributed by atoms with van der Waals surface area (Å²) in [6.07, 6.45) is 2.64. The van der Waals surface area contributed by atoms with E-state index in [1.807, 2.05) is 24.3 Å². The molecule has 0 saturated heterocycles. The van der Waals surface area contributed by atoms with Gasteiger partial charge in [0.05, 0.1) is 7.11 Å². The van der Waals surface area contributed by atoms with Crippen LogP contribution in [-0.4, -0.2) is 18.7 Å². The van der Waals surface area contributed by atoms with Gasteiger partial charge in [-0.05, 0) is 35.7 Å². The molecule has 3 heteroatoms. The highest BCUT2D eigenvalue weighted by atomic mass is 16.5. The quantitative estimate of drug-likeness (QED) is 0.767. The number of methoxy groups -OCH3 is 1. The summed E-state index contributed by atoms with van der Waals surface area (Å²) < 4.78 is 5.27. The van der Waals surface area contributed by atoms with Gasteiger partial charge in [-0.15, -0.1) is 0 Å². The molecule has 2 aromatic rings. The minimum Gasteiger partial charge on any atom is -0.496 e. The molecule has 0 aromatic heterocycles. The summed E-state index contributed by atoms with van der Waals surface area (Å²) in [6, 6.07) is 8.99. The fraction of sp³-hybridized carbons (Fsp3) is 0.0667. The van der Waals surface area contributed by atoms with Crippen molar-refractivity contribution in [2.75, 3.05) is 7.11 Å². The summed E-state index contributed by atoms with van der Waals surface area (Å²) in [5.74, 6) is 0.433. The summed E-state index contributed by atoms with van der Waals surface area (Å²) >= 11 is 0. The Morgan fingerprint density at radius 2 is 1.67 bits per heavy atom. The Kier molecular flexibility index (Phi) is 2.27. The van der Waals surface area contributed by atoms with Crippen molar-refractivity contribution in [3.8, 4) is 5.75 Å². The first kappa shape index (κ1) is 10.7. The van der Waals surface area contributed by atoms with Crippen molar-refractivity contribution in [3.63, 3.8) is 0 Å². The molecule has 0 saturated carbocycles. The molecular formula is C15H10O3. The second-order valence-corrected chi connectivity index (χ2v) is 4.11. The molecule has 0 heterocycles. The lowest BCUT2D eigenvalue weighted by atomic mass is 9.90. The molecule has 0 bridgehead atoms. The molecule has 0 fully saturated rings. The van der Waals surface area contributed by atoms with Gasteiger partial charge in [0, 0.05) is 16.5 Å². The van der Waals surface area contributed by atoms with E-state index in [0.717, 1.165) is 10.8 Å². The van der Waals surface area contributed by atoms with Crippen LogP contribution >= 0.6 is 0 Å². The molecule has 1 aliphatic carbocycles. The highest BCUT2D eigenvalue weighted by Gasteiger charge is 2.22. The number of allylic oxidation sites excluding steroid dienone is 2. The van der Waals surface area contributed by atoms with Crippen LogP contribution in [0.5, 0.6) is 5.75 Å². The van der Waals surface area contributed by atoms with Gasteiger partial charge in [0.1, 0.15) is 5.75 Å². The number of ketones is 2. The molecule has 0 N–H and O–H groups in total. The molecule has 2 aromatic carbocycles. The normalized spacial score (nSPS) is 13.8. The van der Waals surface area contributed by atoms with Gasteiger partial charge in [-0.2, -0.15) is 0 Å². The van der Waals surface area contributed by atoms with Gasteiger partial charge in [-0.3, -0.25) is 9.59 Å². The Labute approximate surface area is 104 Å². The van der Waals surface area contributed by atoms with Crippen molar-refractivity contribution in [2.24, 2.45) is 0 Å². The lowest BCUT2D eigenvalue weighted by Gasteiger charge is -2.13. The number of hydrogen-bond acceptors (Lipinski definition) is 3. The maximum Gasteiger partial charge on any atom is 0.187 e. The van der Waals surface area contributed by atoms with E-state index >= 15 is 0 Å². The molecule has 0 amide bonds. The van der Waals surface area contributed by atoms with Crippen LogP contribution in [0.15, 0.2) is 42.5 Å². The maximum absolute atomic E-state index is 12.0. The van der Waals surface area contributed by atoms with Crippen LogP contribution in [0.2, 0.25) is 0 Å². The zero-order chi connectivity index (χ0) is 12.7. The van der Waals surface area contributed by atoms with Gasteiger partial charge in [-0.25, -0.2) is 0 Å². The number of fused-ring (bicyclic) bond motifs is 3. The largest absolute Gasteiger partial charge is 0.496 e. The smallest absolute Gasteiger partial charge is 0.187 e. The van der Waals surface area contributed by atoms with Crippen molar-refractivity contribution >= 4 is 22.3 Å². The van der Waals surface area contributed by atoms with Crippen molar-refractivity contribution < 1.29 is 14.3 Å². The fourth-order valence-electron chi connectivity index (χ4n) is 2.30. The lowest BCUT2D eigenvalue weighted by molar-refractivity contribution is 0.0995. The van der Waals surface area contributed by atoms with Gasteiger partial charge in [0.25, 0.3) is 0 Å². The molecular weight excluding hydrogens is 228 g/mol. The van der Waals surface area contributed by atoms with E-state index in [1.165, 1.54) is 12.2 Å². The van der Waals surface area contributed by atoms with Crippen LogP contribution in [0.4, 0.5) is 0 Å². The average Bonchev–Trinajstić information content (AvgIpc) is 2.41. The van der Waals surface area contributed by atoms with Crippen LogP contribution in [-0.2, 0) is 0 Å². The number of carbonyl (C=O) groups is 2. The predicted molar refractivity (Wildman–Crippen MR) is 68.3 cm³/mol. The molecule has 3 nitrogen and oxygen atoms in total. The van der Waals surface area contributed by atoms with Gasteiger partial charge in [0.2, 0.25) is 0 Å². The second kappa shape index (κ2) is 3.81. The minimum atomic E-state index is -0.136.